The lowest BCUT2D eigenvalue weighted by Crippen LogP contribution is -2.09. The van der Waals surface area contributed by atoms with Gasteiger partial charge in [0, 0.05) is 16.1 Å². The molecule has 0 unspecified atom stereocenters. The predicted octanol–water partition coefficient (Wildman–Crippen LogP) is 3.72. The fourth-order valence-electron chi connectivity index (χ4n) is 2.62. The lowest BCUT2D eigenvalue weighted by molar-refractivity contribution is 0.625. The molecule has 2 aromatic carbocycles. The van der Waals surface area contributed by atoms with Gasteiger partial charge >= 0.3 is 0 Å². The second-order valence-corrected chi connectivity index (χ2v) is 5.45. The highest BCUT2D eigenvalue weighted by Gasteiger charge is 2.23. The fraction of sp³-hybridized carbons (Fsp3) is 0.118. The average Bonchev–Trinajstić information content (AvgIpc) is 2.93. The third-order valence-electron chi connectivity index (χ3n) is 3.60. The minimum Gasteiger partial charge on any atom is -0.281 e. The molecular formula is C17H12ClFN4. The molecule has 4 nitrogen and oxygen atoms in total. The van der Waals surface area contributed by atoms with Crippen LogP contribution in [0.3, 0.4) is 0 Å². The largest absolute Gasteiger partial charge is 0.281 e. The van der Waals surface area contributed by atoms with Gasteiger partial charge in [0.05, 0.1) is 16.9 Å². The standard InChI is InChI=1S/C17H12ClFN4/c1-10-21-22-16-9-20-17(12-4-2-3-5-14(12)19)13-8-11(18)6-7-15(13)23(10)16/h2-8H,9H2,1H3/i2D,3D,4D,5D. The van der Waals surface area contributed by atoms with E-state index < -0.39 is 30.0 Å². The van der Waals surface area contributed by atoms with Gasteiger partial charge in [-0.2, -0.15) is 0 Å². The zero-order chi connectivity index (χ0) is 19.5. The van der Waals surface area contributed by atoms with Crippen molar-refractivity contribution >= 4 is 17.3 Å². The molecule has 3 aromatic rings. The first kappa shape index (κ1) is 10.3. The molecule has 1 aliphatic heterocycles. The first-order valence-electron chi connectivity index (χ1n) is 8.83. The summed E-state index contributed by atoms with van der Waals surface area (Å²) in [6.45, 7) is 1.85. The first-order valence-corrected chi connectivity index (χ1v) is 7.21. The Balaban J connectivity index is 2.08. The summed E-state index contributed by atoms with van der Waals surface area (Å²) < 4.78 is 48.1. The Morgan fingerprint density at radius 1 is 1.22 bits per heavy atom. The summed E-state index contributed by atoms with van der Waals surface area (Å²) in [5.41, 5.74) is 0.857. The van der Waals surface area contributed by atoms with Gasteiger partial charge < -0.3 is 0 Å². The Morgan fingerprint density at radius 3 is 2.91 bits per heavy atom. The Kier molecular flexibility index (Phi) is 2.36. The van der Waals surface area contributed by atoms with Crippen LogP contribution in [-0.4, -0.2) is 20.5 Å². The summed E-state index contributed by atoms with van der Waals surface area (Å²) in [4.78, 5) is 4.41. The van der Waals surface area contributed by atoms with E-state index in [9.17, 15) is 4.39 Å². The Morgan fingerprint density at radius 2 is 2.04 bits per heavy atom. The highest BCUT2D eigenvalue weighted by molar-refractivity contribution is 6.31. The molecule has 23 heavy (non-hydrogen) atoms. The van der Waals surface area contributed by atoms with Crippen LogP contribution in [0.1, 0.15) is 28.3 Å². The van der Waals surface area contributed by atoms with Crippen LogP contribution in [0.25, 0.3) is 5.69 Å². The molecule has 0 amide bonds. The second kappa shape index (κ2) is 5.28. The van der Waals surface area contributed by atoms with E-state index in [4.69, 9.17) is 17.1 Å². The monoisotopic (exact) mass is 330 g/mol. The highest BCUT2D eigenvalue weighted by Crippen LogP contribution is 2.28. The summed E-state index contributed by atoms with van der Waals surface area (Å²) in [7, 11) is 0. The summed E-state index contributed by atoms with van der Waals surface area (Å²) in [6.07, 6.45) is 0. The van der Waals surface area contributed by atoms with Crippen molar-refractivity contribution in [1.29, 1.82) is 0 Å². The van der Waals surface area contributed by atoms with Crippen LogP contribution >= 0.6 is 11.6 Å². The van der Waals surface area contributed by atoms with Crippen molar-refractivity contribution in [2.24, 2.45) is 4.99 Å². The van der Waals surface area contributed by atoms with Gasteiger partial charge in [-0.1, -0.05) is 23.7 Å². The predicted molar refractivity (Wildman–Crippen MR) is 86.8 cm³/mol. The molecule has 0 saturated heterocycles. The Bertz CT molecular complexity index is 1110. The molecule has 6 heteroatoms. The third kappa shape index (κ3) is 2.24. The van der Waals surface area contributed by atoms with Gasteiger partial charge in [0.2, 0.25) is 0 Å². The molecule has 0 N–H and O–H groups in total. The molecule has 2 heterocycles. The summed E-state index contributed by atoms with van der Waals surface area (Å²) in [5.74, 6) is 0.0906. The van der Waals surface area contributed by atoms with Crippen molar-refractivity contribution in [2.75, 3.05) is 0 Å². The number of halogens is 2. The number of nitrogens with zero attached hydrogens (tertiary/aromatic N) is 4. The summed E-state index contributed by atoms with van der Waals surface area (Å²) in [5, 5.41) is 8.52. The molecule has 0 radical (unpaired) electrons. The smallest absolute Gasteiger partial charge is 0.159 e. The van der Waals surface area contributed by atoms with E-state index in [0.29, 0.717) is 27.9 Å². The first-order chi connectivity index (χ1) is 12.8. The van der Waals surface area contributed by atoms with E-state index in [1.54, 1.807) is 29.7 Å². The maximum atomic E-state index is 14.9. The average molecular weight is 331 g/mol. The van der Waals surface area contributed by atoms with E-state index in [1.165, 1.54) is 0 Å². The lowest BCUT2D eigenvalue weighted by atomic mass is 10.00. The minimum atomic E-state index is -1.06. The van der Waals surface area contributed by atoms with E-state index >= 15 is 0 Å². The van der Waals surface area contributed by atoms with Crippen molar-refractivity contribution in [3.05, 3.63) is 76.0 Å². The molecule has 4 rings (SSSR count). The molecular weight excluding hydrogens is 315 g/mol. The van der Waals surface area contributed by atoms with E-state index in [0.717, 1.165) is 0 Å². The van der Waals surface area contributed by atoms with Crippen molar-refractivity contribution in [2.45, 2.75) is 13.5 Å². The number of aromatic nitrogens is 3. The zero-order valence-corrected chi connectivity index (χ0v) is 12.7. The van der Waals surface area contributed by atoms with Gasteiger partial charge in [0.15, 0.2) is 5.82 Å². The molecule has 0 saturated carbocycles. The van der Waals surface area contributed by atoms with Gasteiger partial charge in [-0.15, -0.1) is 10.2 Å². The van der Waals surface area contributed by atoms with E-state index in [1.807, 2.05) is 0 Å². The van der Waals surface area contributed by atoms with Crippen molar-refractivity contribution in [3.8, 4) is 5.69 Å². The number of aryl methyl sites for hydroxylation is 1. The van der Waals surface area contributed by atoms with Crippen molar-refractivity contribution in [1.82, 2.24) is 14.8 Å². The molecule has 114 valence electrons. The lowest BCUT2D eigenvalue weighted by Gasteiger charge is -2.13. The van der Waals surface area contributed by atoms with Crippen LogP contribution < -0.4 is 0 Å². The number of hydrogen-bond donors (Lipinski definition) is 0. The highest BCUT2D eigenvalue weighted by atomic mass is 35.5. The topological polar surface area (TPSA) is 43.1 Å². The Labute approximate surface area is 142 Å². The molecule has 0 aliphatic carbocycles. The van der Waals surface area contributed by atoms with E-state index in [2.05, 4.69) is 15.2 Å². The maximum Gasteiger partial charge on any atom is 0.159 e. The number of hydrogen-bond acceptors (Lipinski definition) is 3. The minimum absolute atomic E-state index is 0.0741. The zero-order valence-electron chi connectivity index (χ0n) is 16.0. The number of fused-ring (bicyclic) bond motifs is 3. The Hall–Kier alpha value is -2.53. The van der Waals surface area contributed by atoms with Gasteiger partial charge in [-0.05, 0) is 37.2 Å². The second-order valence-electron chi connectivity index (χ2n) is 5.01. The van der Waals surface area contributed by atoms with Crippen LogP contribution in [0.2, 0.25) is 5.02 Å². The molecule has 0 spiro atoms. The maximum absolute atomic E-state index is 14.9. The summed E-state index contributed by atoms with van der Waals surface area (Å²) in [6, 6.07) is 2.60. The third-order valence-corrected chi connectivity index (χ3v) is 3.84. The molecule has 1 aromatic heterocycles. The molecule has 0 atom stereocenters. The number of aliphatic imine (C=N–C) groups is 1. The van der Waals surface area contributed by atoms with Crippen LogP contribution in [0.15, 0.2) is 47.4 Å². The normalized spacial score (nSPS) is 15.5. The van der Waals surface area contributed by atoms with Crippen molar-refractivity contribution in [3.63, 3.8) is 0 Å². The quantitative estimate of drug-likeness (QED) is 0.682. The number of benzene rings is 2. The summed E-state index contributed by atoms with van der Waals surface area (Å²) >= 11 is 6.15. The fourth-order valence-corrected chi connectivity index (χ4v) is 2.80. The van der Waals surface area contributed by atoms with Crippen LogP contribution in [0.4, 0.5) is 4.39 Å². The van der Waals surface area contributed by atoms with E-state index in [-0.39, 0.29) is 17.8 Å². The van der Waals surface area contributed by atoms with Crippen LogP contribution in [0, 0.1) is 12.7 Å². The van der Waals surface area contributed by atoms with Gasteiger partial charge in [-0.3, -0.25) is 9.56 Å². The van der Waals surface area contributed by atoms with Crippen LogP contribution in [-0.2, 0) is 6.54 Å². The number of rotatable bonds is 1. The van der Waals surface area contributed by atoms with Gasteiger partial charge in [0.25, 0.3) is 0 Å². The van der Waals surface area contributed by atoms with Gasteiger partial charge in [0.1, 0.15) is 18.2 Å². The molecule has 0 fully saturated rings. The van der Waals surface area contributed by atoms with Gasteiger partial charge in [-0.25, -0.2) is 4.39 Å². The molecule has 0 bridgehead atoms. The molecule has 1 aliphatic rings. The van der Waals surface area contributed by atoms with Crippen molar-refractivity contribution < 1.29 is 9.87 Å². The SMILES string of the molecule is [2H]c1c([2H])c([2H])c(C2=NCc3nnc(C)n3-c3ccc(Cl)cc32)c(F)c1[2H]. The van der Waals surface area contributed by atoms with Crippen LogP contribution in [0.5, 0.6) is 0 Å².